The van der Waals surface area contributed by atoms with Crippen molar-refractivity contribution in [2.24, 2.45) is 5.41 Å². The molecule has 3 N–H and O–H groups in total. The molecule has 1 rings (SSSR count). The number of carboxylic acid groups (broad SMARTS) is 1. The minimum absolute atomic E-state index is 0.397. The number of benzene rings is 1. The second kappa shape index (κ2) is 6.13. The van der Waals surface area contributed by atoms with Crippen molar-refractivity contribution in [2.75, 3.05) is 5.32 Å². The van der Waals surface area contributed by atoms with Crippen LogP contribution in [0.1, 0.15) is 26.3 Å². The van der Waals surface area contributed by atoms with Gasteiger partial charge in [0.1, 0.15) is 6.04 Å². The van der Waals surface area contributed by atoms with E-state index in [1.165, 1.54) is 0 Å². The summed E-state index contributed by atoms with van der Waals surface area (Å²) >= 11 is 5.97. The van der Waals surface area contributed by atoms with Gasteiger partial charge in [0.2, 0.25) is 0 Å². The highest BCUT2D eigenvalue weighted by Gasteiger charge is 2.32. The third-order valence-corrected chi connectivity index (χ3v) is 3.09. The summed E-state index contributed by atoms with van der Waals surface area (Å²) < 4.78 is 0. The summed E-state index contributed by atoms with van der Waals surface area (Å²) in [4.78, 5) is 23.1. The summed E-state index contributed by atoms with van der Waals surface area (Å²) in [5.74, 6) is -1.08. The van der Waals surface area contributed by atoms with E-state index < -0.39 is 23.5 Å². The highest BCUT2D eigenvalue weighted by Crippen LogP contribution is 2.23. The summed E-state index contributed by atoms with van der Waals surface area (Å²) in [7, 11) is 0. The van der Waals surface area contributed by atoms with Crippen LogP contribution in [0.3, 0.4) is 0 Å². The Morgan fingerprint density at radius 3 is 2.40 bits per heavy atom. The number of urea groups is 1. The minimum Gasteiger partial charge on any atom is -0.480 e. The van der Waals surface area contributed by atoms with E-state index >= 15 is 0 Å². The Morgan fingerprint density at radius 2 is 1.90 bits per heavy atom. The summed E-state index contributed by atoms with van der Waals surface area (Å²) in [5.41, 5.74) is 0.789. The number of amides is 2. The van der Waals surface area contributed by atoms with Crippen molar-refractivity contribution >= 4 is 29.3 Å². The highest BCUT2D eigenvalue weighted by atomic mass is 35.5. The summed E-state index contributed by atoms with van der Waals surface area (Å²) in [6.07, 6.45) is 0. The molecule has 0 aromatic heterocycles. The molecule has 1 atom stereocenters. The Hall–Kier alpha value is -1.75. The Labute approximate surface area is 123 Å². The minimum atomic E-state index is -1.08. The van der Waals surface area contributed by atoms with Crippen molar-refractivity contribution in [3.63, 3.8) is 0 Å². The lowest BCUT2D eigenvalue weighted by Gasteiger charge is -2.27. The third-order valence-electron chi connectivity index (χ3n) is 2.76. The molecule has 0 fully saturated rings. The van der Waals surface area contributed by atoms with E-state index in [-0.39, 0.29) is 0 Å². The second-order valence-electron chi connectivity index (χ2n) is 5.72. The fraction of sp³-hybridized carbons (Fsp3) is 0.429. The summed E-state index contributed by atoms with van der Waals surface area (Å²) in [6.45, 7) is 7.09. The molecule has 0 heterocycles. The van der Waals surface area contributed by atoms with Crippen LogP contribution in [0, 0.1) is 12.3 Å². The average molecular weight is 299 g/mol. The maximum Gasteiger partial charge on any atom is 0.326 e. The molecule has 0 saturated carbocycles. The first-order chi connectivity index (χ1) is 9.11. The first-order valence-electron chi connectivity index (χ1n) is 6.17. The SMILES string of the molecule is Cc1ccc(Cl)c(NC(=O)N[C@@H](C(=O)O)C(C)(C)C)c1. The Morgan fingerprint density at radius 1 is 1.30 bits per heavy atom. The maximum atomic E-state index is 11.9. The largest absolute Gasteiger partial charge is 0.480 e. The second-order valence-corrected chi connectivity index (χ2v) is 6.13. The van der Waals surface area contributed by atoms with Gasteiger partial charge in [-0.2, -0.15) is 0 Å². The van der Waals surface area contributed by atoms with Crippen molar-refractivity contribution in [1.82, 2.24) is 5.32 Å². The number of aryl methyl sites for hydroxylation is 1. The number of hydrogen-bond donors (Lipinski definition) is 3. The standard InChI is InChI=1S/C14H19ClN2O3/c1-8-5-6-9(15)10(7-8)16-13(20)17-11(12(18)19)14(2,3)4/h5-7,11H,1-4H3,(H,18,19)(H2,16,17,20)/t11-/m0/s1. The Balaban J connectivity index is 2.81. The van der Waals surface area contributed by atoms with Gasteiger partial charge in [0.15, 0.2) is 0 Å². The van der Waals surface area contributed by atoms with Crippen LogP contribution in [0.4, 0.5) is 10.5 Å². The predicted molar refractivity (Wildman–Crippen MR) is 79.2 cm³/mol. The monoisotopic (exact) mass is 298 g/mol. The van der Waals surface area contributed by atoms with E-state index in [1.54, 1.807) is 32.9 Å². The van der Waals surface area contributed by atoms with Crippen molar-refractivity contribution < 1.29 is 14.7 Å². The molecule has 0 radical (unpaired) electrons. The average Bonchev–Trinajstić information content (AvgIpc) is 2.29. The number of rotatable bonds is 3. The number of hydrogen-bond acceptors (Lipinski definition) is 2. The maximum absolute atomic E-state index is 11.9. The van der Waals surface area contributed by atoms with Gasteiger partial charge in [-0.3, -0.25) is 0 Å². The molecule has 0 aliphatic carbocycles. The number of carbonyl (C=O) groups is 2. The normalized spacial score (nSPS) is 12.7. The zero-order valence-corrected chi connectivity index (χ0v) is 12.7. The molecule has 0 aliphatic heterocycles. The van der Waals surface area contributed by atoms with E-state index in [0.29, 0.717) is 10.7 Å². The number of aliphatic carboxylic acids is 1. The van der Waals surface area contributed by atoms with Gasteiger partial charge < -0.3 is 15.7 Å². The molecule has 110 valence electrons. The van der Waals surface area contributed by atoms with E-state index in [2.05, 4.69) is 10.6 Å². The molecule has 2 amide bonds. The van der Waals surface area contributed by atoms with Gasteiger partial charge in [0.25, 0.3) is 0 Å². The summed E-state index contributed by atoms with van der Waals surface area (Å²) in [5, 5.41) is 14.6. The molecule has 0 aliphatic rings. The van der Waals surface area contributed by atoms with Crippen LogP contribution in [0.25, 0.3) is 0 Å². The molecule has 1 aromatic carbocycles. The summed E-state index contributed by atoms with van der Waals surface area (Å²) in [6, 6.07) is 3.62. The highest BCUT2D eigenvalue weighted by molar-refractivity contribution is 6.33. The fourth-order valence-electron chi connectivity index (χ4n) is 1.67. The van der Waals surface area contributed by atoms with Gasteiger partial charge >= 0.3 is 12.0 Å². The van der Waals surface area contributed by atoms with Crippen LogP contribution in [0.5, 0.6) is 0 Å². The molecule has 0 bridgehead atoms. The van der Waals surface area contributed by atoms with E-state index in [0.717, 1.165) is 5.56 Å². The van der Waals surface area contributed by atoms with Crippen molar-refractivity contribution in [2.45, 2.75) is 33.7 Å². The zero-order chi connectivity index (χ0) is 15.5. The molecular formula is C14H19ClN2O3. The van der Waals surface area contributed by atoms with Gasteiger partial charge in [-0.1, -0.05) is 38.4 Å². The smallest absolute Gasteiger partial charge is 0.326 e. The molecule has 0 saturated heterocycles. The van der Waals surface area contributed by atoms with Crippen LogP contribution < -0.4 is 10.6 Å². The molecule has 20 heavy (non-hydrogen) atoms. The Bertz CT molecular complexity index is 524. The lowest BCUT2D eigenvalue weighted by Crippen LogP contribution is -2.50. The molecule has 0 spiro atoms. The quantitative estimate of drug-likeness (QED) is 0.801. The van der Waals surface area contributed by atoms with Crippen molar-refractivity contribution in [3.8, 4) is 0 Å². The van der Waals surface area contributed by atoms with E-state index in [4.69, 9.17) is 16.7 Å². The fourth-order valence-corrected chi connectivity index (χ4v) is 1.84. The lowest BCUT2D eigenvalue weighted by molar-refractivity contribution is -0.141. The number of nitrogens with one attached hydrogen (secondary N) is 2. The lowest BCUT2D eigenvalue weighted by atomic mass is 9.87. The Kier molecular flexibility index (Phi) is 5.00. The van der Waals surface area contributed by atoms with Gasteiger partial charge in [0.05, 0.1) is 10.7 Å². The number of halogens is 1. The molecule has 5 nitrogen and oxygen atoms in total. The number of carbonyl (C=O) groups excluding carboxylic acids is 1. The van der Waals surface area contributed by atoms with Gasteiger partial charge in [-0.15, -0.1) is 0 Å². The first kappa shape index (κ1) is 16.3. The van der Waals surface area contributed by atoms with Crippen LogP contribution in [-0.2, 0) is 4.79 Å². The van der Waals surface area contributed by atoms with Crippen LogP contribution in [-0.4, -0.2) is 23.1 Å². The molecule has 1 aromatic rings. The van der Waals surface area contributed by atoms with Gasteiger partial charge in [0, 0.05) is 0 Å². The van der Waals surface area contributed by atoms with Crippen molar-refractivity contribution in [1.29, 1.82) is 0 Å². The molecular weight excluding hydrogens is 280 g/mol. The predicted octanol–water partition coefficient (Wildman–Crippen LogP) is 3.27. The van der Waals surface area contributed by atoms with Crippen molar-refractivity contribution in [3.05, 3.63) is 28.8 Å². The van der Waals surface area contributed by atoms with Crippen LogP contribution in [0.2, 0.25) is 5.02 Å². The van der Waals surface area contributed by atoms with Crippen LogP contribution >= 0.6 is 11.6 Å². The van der Waals surface area contributed by atoms with Gasteiger partial charge in [-0.05, 0) is 30.0 Å². The zero-order valence-electron chi connectivity index (χ0n) is 12.0. The van der Waals surface area contributed by atoms with Crippen LogP contribution in [0.15, 0.2) is 18.2 Å². The van der Waals surface area contributed by atoms with Gasteiger partial charge in [-0.25, -0.2) is 9.59 Å². The topological polar surface area (TPSA) is 78.4 Å². The first-order valence-corrected chi connectivity index (χ1v) is 6.55. The van der Waals surface area contributed by atoms with E-state index in [9.17, 15) is 9.59 Å². The molecule has 0 unspecified atom stereocenters. The van der Waals surface area contributed by atoms with E-state index in [1.807, 2.05) is 13.0 Å². The number of anilines is 1. The molecule has 6 heteroatoms. The third kappa shape index (κ3) is 4.42. The number of carboxylic acids is 1.